The van der Waals surface area contributed by atoms with E-state index in [1.54, 1.807) is 12.1 Å². The molecule has 1 heterocycles. The summed E-state index contributed by atoms with van der Waals surface area (Å²) >= 11 is 1.02. The van der Waals surface area contributed by atoms with E-state index in [1.165, 1.54) is 18.2 Å². The number of carboxylic acid groups (broad SMARTS) is 1. The minimum absolute atomic E-state index is 0.0207. The van der Waals surface area contributed by atoms with Gasteiger partial charge in [0.15, 0.2) is 0 Å². The zero-order chi connectivity index (χ0) is 15.6. The van der Waals surface area contributed by atoms with Gasteiger partial charge in [0.05, 0.1) is 16.8 Å². The van der Waals surface area contributed by atoms with Crippen molar-refractivity contribution >= 4 is 29.3 Å². The predicted octanol–water partition coefficient (Wildman–Crippen LogP) is 2.38. The fourth-order valence-corrected chi connectivity index (χ4v) is 2.55. The van der Waals surface area contributed by atoms with Crippen LogP contribution in [0.1, 0.15) is 10.4 Å². The highest BCUT2D eigenvalue weighted by Gasteiger charge is 2.26. The molecule has 0 fully saturated rings. The first-order valence-electron chi connectivity index (χ1n) is 5.98. The fourth-order valence-electron chi connectivity index (χ4n) is 1.76. The smallest absolute Gasteiger partial charge is 0.337 e. The molecule has 0 bridgehead atoms. The third-order valence-electron chi connectivity index (χ3n) is 2.88. The molecule has 1 aromatic carbocycles. The molecule has 108 valence electrons. The van der Waals surface area contributed by atoms with Gasteiger partial charge >= 0.3 is 5.97 Å². The standard InChI is InChI=1S/C15H13NO4S/c1-8-7-11(15(20)21-9(8)2)13(17)16-12-6-4-3-5-10(12)14(18)19/h3-7,15,20H,1-2H2,(H,16,17)(H,18,19). The normalized spacial score (nSPS) is 18.1. The minimum Gasteiger partial charge on any atom is -0.478 e. The van der Waals surface area contributed by atoms with Crippen LogP contribution < -0.4 is 5.32 Å². The average molecular weight is 303 g/mol. The van der Waals surface area contributed by atoms with Crippen LogP contribution in [-0.2, 0) is 4.79 Å². The Morgan fingerprint density at radius 1 is 1.24 bits per heavy atom. The Labute approximate surface area is 125 Å². The quantitative estimate of drug-likeness (QED) is 0.798. The van der Waals surface area contributed by atoms with Crippen LogP contribution in [0.5, 0.6) is 0 Å². The molecule has 1 aliphatic heterocycles. The second-order valence-electron chi connectivity index (χ2n) is 4.32. The SMILES string of the molecule is C=C1C=C(C(=O)Nc2ccccc2C(=O)O)C(O)SC1=C. The van der Waals surface area contributed by atoms with Crippen LogP contribution in [0, 0.1) is 0 Å². The van der Waals surface area contributed by atoms with Gasteiger partial charge in [0.1, 0.15) is 5.44 Å². The van der Waals surface area contributed by atoms with Gasteiger partial charge in [-0.2, -0.15) is 0 Å². The van der Waals surface area contributed by atoms with Crippen LogP contribution in [0.25, 0.3) is 0 Å². The van der Waals surface area contributed by atoms with Gasteiger partial charge in [-0.15, -0.1) is 0 Å². The number of thioether (sulfide) groups is 1. The predicted molar refractivity (Wildman–Crippen MR) is 82.0 cm³/mol. The lowest BCUT2D eigenvalue weighted by atomic mass is 10.1. The number of para-hydroxylation sites is 1. The largest absolute Gasteiger partial charge is 0.478 e. The first-order chi connectivity index (χ1) is 9.90. The molecule has 21 heavy (non-hydrogen) atoms. The van der Waals surface area contributed by atoms with Crippen molar-refractivity contribution in [3.05, 3.63) is 65.1 Å². The van der Waals surface area contributed by atoms with Crippen LogP contribution >= 0.6 is 11.8 Å². The van der Waals surface area contributed by atoms with Crippen molar-refractivity contribution in [1.82, 2.24) is 0 Å². The van der Waals surface area contributed by atoms with E-state index in [9.17, 15) is 14.7 Å². The first-order valence-corrected chi connectivity index (χ1v) is 6.86. The van der Waals surface area contributed by atoms with E-state index in [0.717, 1.165) is 11.8 Å². The van der Waals surface area contributed by atoms with E-state index in [2.05, 4.69) is 18.5 Å². The number of aliphatic hydroxyl groups excluding tert-OH is 1. The monoisotopic (exact) mass is 303 g/mol. The van der Waals surface area contributed by atoms with Gasteiger partial charge in [-0.05, 0) is 23.8 Å². The van der Waals surface area contributed by atoms with Crippen LogP contribution in [0.2, 0.25) is 0 Å². The number of benzene rings is 1. The summed E-state index contributed by atoms with van der Waals surface area (Å²) in [5.74, 6) is -1.71. The van der Waals surface area contributed by atoms with E-state index >= 15 is 0 Å². The maximum Gasteiger partial charge on any atom is 0.337 e. The minimum atomic E-state index is -1.14. The molecule has 1 amide bonds. The van der Waals surface area contributed by atoms with Gasteiger partial charge in [-0.25, -0.2) is 4.79 Å². The Balaban J connectivity index is 2.27. The summed E-state index contributed by atoms with van der Waals surface area (Å²) in [6, 6.07) is 6.05. The van der Waals surface area contributed by atoms with Crippen molar-refractivity contribution in [2.24, 2.45) is 0 Å². The maximum atomic E-state index is 12.2. The van der Waals surface area contributed by atoms with Gasteiger partial charge in [0.25, 0.3) is 5.91 Å². The molecule has 0 aliphatic carbocycles. The number of rotatable bonds is 3. The van der Waals surface area contributed by atoms with E-state index in [4.69, 9.17) is 5.11 Å². The van der Waals surface area contributed by atoms with Crippen molar-refractivity contribution in [3.63, 3.8) is 0 Å². The molecule has 2 rings (SSSR count). The van der Waals surface area contributed by atoms with E-state index < -0.39 is 17.3 Å². The molecular weight excluding hydrogens is 290 g/mol. The number of allylic oxidation sites excluding steroid dienone is 2. The molecule has 0 radical (unpaired) electrons. The number of anilines is 1. The molecular formula is C15H13NO4S. The maximum absolute atomic E-state index is 12.2. The average Bonchev–Trinajstić information content (AvgIpc) is 2.43. The zero-order valence-corrected chi connectivity index (χ0v) is 11.8. The van der Waals surface area contributed by atoms with Gasteiger partial charge < -0.3 is 15.5 Å². The van der Waals surface area contributed by atoms with Crippen molar-refractivity contribution in [2.75, 3.05) is 5.32 Å². The second kappa shape index (κ2) is 5.99. The van der Waals surface area contributed by atoms with Crippen molar-refractivity contribution < 1.29 is 19.8 Å². The molecule has 5 nitrogen and oxygen atoms in total. The summed E-state index contributed by atoms with van der Waals surface area (Å²) in [7, 11) is 0. The Hall–Kier alpha value is -2.31. The Bertz CT molecular complexity index is 678. The number of amides is 1. The number of nitrogens with one attached hydrogen (secondary N) is 1. The highest BCUT2D eigenvalue weighted by atomic mass is 32.2. The summed E-state index contributed by atoms with van der Waals surface area (Å²) in [6.45, 7) is 7.44. The van der Waals surface area contributed by atoms with Crippen LogP contribution in [0.4, 0.5) is 5.69 Å². The highest BCUT2D eigenvalue weighted by Crippen LogP contribution is 2.35. The van der Waals surface area contributed by atoms with Gasteiger partial charge in [-0.1, -0.05) is 37.1 Å². The molecule has 3 N–H and O–H groups in total. The molecule has 6 heteroatoms. The number of hydrogen-bond acceptors (Lipinski definition) is 4. The number of aromatic carboxylic acids is 1. The topological polar surface area (TPSA) is 86.6 Å². The van der Waals surface area contributed by atoms with Crippen molar-refractivity contribution in [2.45, 2.75) is 5.44 Å². The summed E-state index contributed by atoms with van der Waals surface area (Å²) in [5.41, 5.74) is -0.254. The zero-order valence-electron chi connectivity index (χ0n) is 11.0. The van der Waals surface area contributed by atoms with Crippen LogP contribution in [0.15, 0.2) is 59.6 Å². The molecule has 1 atom stereocenters. The summed E-state index contributed by atoms with van der Waals surface area (Å²) in [6.07, 6.45) is 1.45. The molecule has 1 unspecified atom stereocenters. The van der Waals surface area contributed by atoms with Crippen molar-refractivity contribution in [1.29, 1.82) is 0 Å². The van der Waals surface area contributed by atoms with Crippen LogP contribution in [-0.4, -0.2) is 27.5 Å². The molecule has 1 aliphatic rings. The van der Waals surface area contributed by atoms with E-state index in [1.807, 2.05) is 0 Å². The Morgan fingerprint density at radius 3 is 2.57 bits per heavy atom. The molecule has 1 aromatic rings. The van der Waals surface area contributed by atoms with Gasteiger partial charge in [0, 0.05) is 4.91 Å². The van der Waals surface area contributed by atoms with Gasteiger partial charge in [-0.3, -0.25) is 4.79 Å². The summed E-state index contributed by atoms with van der Waals surface area (Å²) in [4.78, 5) is 23.9. The molecule has 0 aromatic heterocycles. The van der Waals surface area contributed by atoms with E-state index in [-0.39, 0.29) is 16.8 Å². The third-order valence-corrected chi connectivity index (χ3v) is 3.90. The lowest BCUT2D eigenvalue weighted by molar-refractivity contribution is -0.113. The molecule has 0 spiro atoms. The lowest BCUT2D eigenvalue weighted by Gasteiger charge is -2.21. The fraction of sp³-hybridized carbons (Fsp3) is 0.0667. The van der Waals surface area contributed by atoms with Crippen LogP contribution in [0.3, 0.4) is 0 Å². The molecule has 0 saturated heterocycles. The second-order valence-corrected chi connectivity index (χ2v) is 5.50. The summed E-state index contributed by atoms with van der Waals surface area (Å²) < 4.78 is 0. The van der Waals surface area contributed by atoms with Gasteiger partial charge in [0.2, 0.25) is 0 Å². The Morgan fingerprint density at radius 2 is 1.90 bits per heavy atom. The first kappa shape index (κ1) is 15.1. The summed E-state index contributed by atoms with van der Waals surface area (Å²) in [5, 5.41) is 21.5. The lowest BCUT2D eigenvalue weighted by Crippen LogP contribution is -2.25. The van der Waals surface area contributed by atoms with Crippen molar-refractivity contribution in [3.8, 4) is 0 Å². The number of hydrogen-bond donors (Lipinski definition) is 3. The number of carboxylic acids is 1. The highest BCUT2D eigenvalue weighted by molar-refractivity contribution is 8.04. The Kier molecular flexibility index (Phi) is 4.30. The number of aliphatic hydroxyl groups is 1. The number of carbonyl (C=O) groups is 2. The number of carbonyl (C=O) groups excluding carboxylic acids is 1. The third kappa shape index (κ3) is 3.24. The molecule has 0 saturated carbocycles. The van der Waals surface area contributed by atoms with E-state index in [0.29, 0.717) is 10.5 Å².